The maximum absolute atomic E-state index is 13.5. The summed E-state index contributed by atoms with van der Waals surface area (Å²) in [6, 6.07) is 5.16. The number of unbranched alkanes of at least 4 members (excludes halogenated alkanes) is 1. The molecule has 1 aromatic rings. The largest absolute Gasteiger partial charge is 0.205 e. The Morgan fingerprint density at radius 2 is 2.06 bits per heavy atom. The van der Waals surface area contributed by atoms with Gasteiger partial charge in [0.2, 0.25) is 0 Å². The van der Waals surface area contributed by atoms with Gasteiger partial charge in [0, 0.05) is 5.33 Å². The van der Waals surface area contributed by atoms with Crippen LogP contribution in [0.25, 0.3) is 0 Å². The van der Waals surface area contributed by atoms with Gasteiger partial charge in [0.05, 0.1) is 5.02 Å². The zero-order valence-corrected chi connectivity index (χ0v) is 13.5. The molecule has 0 radical (unpaired) electrons. The van der Waals surface area contributed by atoms with E-state index in [2.05, 4.69) is 29.8 Å². The minimum absolute atomic E-state index is 0.202. The molecule has 0 fully saturated rings. The first-order valence-electron chi connectivity index (χ1n) is 6.57. The molecule has 102 valence electrons. The van der Waals surface area contributed by atoms with E-state index in [1.165, 1.54) is 19.3 Å². The van der Waals surface area contributed by atoms with E-state index < -0.39 is 0 Å². The Morgan fingerprint density at radius 3 is 2.56 bits per heavy atom. The van der Waals surface area contributed by atoms with Crippen molar-refractivity contribution in [3.63, 3.8) is 0 Å². The lowest BCUT2D eigenvalue weighted by Crippen LogP contribution is -2.25. The van der Waals surface area contributed by atoms with Crippen LogP contribution < -0.4 is 0 Å². The van der Waals surface area contributed by atoms with Crippen molar-refractivity contribution in [2.24, 2.45) is 5.41 Å². The van der Waals surface area contributed by atoms with Crippen molar-refractivity contribution in [2.45, 2.75) is 46.0 Å². The Bertz CT molecular complexity index is 375. The maximum Gasteiger partial charge on any atom is 0.142 e. The van der Waals surface area contributed by atoms with Crippen LogP contribution in [-0.2, 0) is 6.42 Å². The van der Waals surface area contributed by atoms with E-state index in [1.807, 2.05) is 6.07 Å². The number of halogens is 3. The van der Waals surface area contributed by atoms with Gasteiger partial charge in [-0.1, -0.05) is 60.3 Å². The van der Waals surface area contributed by atoms with E-state index in [0.29, 0.717) is 0 Å². The SMILES string of the molecule is CCCCC(CC)(CBr)Cc1ccc(Cl)c(F)c1. The topological polar surface area (TPSA) is 0 Å². The molecular weight excluding hydrogens is 315 g/mol. The molecule has 0 aliphatic carbocycles. The van der Waals surface area contributed by atoms with Crippen LogP contribution in [0.2, 0.25) is 5.02 Å². The summed E-state index contributed by atoms with van der Waals surface area (Å²) in [5, 5.41) is 1.16. The molecule has 0 bridgehead atoms. The lowest BCUT2D eigenvalue weighted by atomic mass is 9.77. The molecule has 0 amide bonds. The molecular formula is C15H21BrClF. The summed E-state index contributed by atoms with van der Waals surface area (Å²) in [6.45, 7) is 4.42. The van der Waals surface area contributed by atoms with E-state index in [-0.39, 0.29) is 16.3 Å². The molecule has 0 aromatic heterocycles. The predicted octanol–water partition coefficient (Wildman–Crippen LogP) is 6.00. The van der Waals surface area contributed by atoms with Crippen molar-refractivity contribution in [3.05, 3.63) is 34.6 Å². The van der Waals surface area contributed by atoms with Gasteiger partial charge >= 0.3 is 0 Å². The van der Waals surface area contributed by atoms with Gasteiger partial charge in [-0.25, -0.2) is 4.39 Å². The first-order valence-corrected chi connectivity index (χ1v) is 8.06. The number of hydrogen-bond acceptors (Lipinski definition) is 0. The summed E-state index contributed by atoms with van der Waals surface area (Å²) in [7, 11) is 0. The average Bonchev–Trinajstić information content (AvgIpc) is 2.39. The lowest BCUT2D eigenvalue weighted by molar-refractivity contribution is 0.283. The van der Waals surface area contributed by atoms with Crippen LogP contribution in [0.4, 0.5) is 4.39 Å². The molecule has 0 nitrogen and oxygen atoms in total. The molecule has 0 saturated carbocycles. The highest BCUT2D eigenvalue weighted by atomic mass is 79.9. The van der Waals surface area contributed by atoms with E-state index in [9.17, 15) is 4.39 Å². The van der Waals surface area contributed by atoms with Crippen LogP contribution >= 0.6 is 27.5 Å². The van der Waals surface area contributed by atoms with Crippen molar-refractivity contribution in [1.29, 1.82) is 0 Å². The third-order valence-electron chi connectivity index (χ3n) is 3.66. The fourth-order valence-corrected chi connectivity index (χ4v) is 3.23. The van der Waals surface area contributed by atoms with Crippen LogP contribution in [0.1, 0.15) is 45.1 Å². The molecule has 0 saturated heterocycles. The first-order chi connectivity index (χ1) is 8.56. The van der Waals surface area contributed by atoms with Gasteiger partial charge in [-0.2, -0.15) is 0 Å². The van der Waals surface area contributed by atoms with Gasteiger partial charge in [0.25, 0.3) is 0 Å². The normalized spacial score (nSPS) is 14.5. The Morgan fingerprint density at radius 1 is 1.33 bits per heavy atom. The van der Waals surface area contributed by atoms with Gasteiger partial charge in [-0.05, 0) is 42.4 Å². The highest BCUT2D eigenvalue weighted by Crippen LogP contribution is 2.35. The minimum Gasteiger partial charge on any atom is -0.205 e. The van der Waals surface area contributed by atoms with Crippen molar-refractivity contribution in [2.75, 3.05) is 5.33 Å². The van der Waals surface area contributed by atoms with Crippen molar-refractivity contribution in [3.8, 4) is 0 Å². The van der Waals surface area contributed by atoms with Gasteiger partial charge < -0.3 is 0 Å². The standard InChI is InChI=1S/C15H21BrClF/c1-3-5-8-15(4-2,11-16)10-12-6-7-13(17)14(18)9-12/h6-7,9H,3-5,8,10-11H2,1-2H3. The Kier molecular flexibility index (Phi) is 6.65. The zero-order chi connectivity index (χ0) is 13.6. The van der Waals surface area contributed by atoms with Crippen LogP contribution in [-0.4, -0.2) is 5.33 Å². The molecule has 3 heteroatoms. The van der Waals surface area contributed by atoms with Crippen molar-refractivity contribution in [1.82, 2.24) is 0 Å². The number of hydrogen-bond donors (Lipinski definition) is 0. The highest BCUT2D eigenvalue weighted by Gasteiger charge is 2.26. The molecule has 1 atom stereocenters. The lowest BCUT2D eigenvalue weighted by Gasteiger charge is -2.31. The summed E-state index contributed by atoms with van der Waals surface area (Å²) in [6.07, 6.45) is 5.60. The molecule has 1 rings (SSSR count). The maximum atomic E-state index is 13.5. The van der Waals surface area contributed by atoms with E-state index >= 15 is 0 Å². The smallest absolute Gasteiger partial charge is 0.142 e. The van der Waals surface area contributed by atoms with Gasteiger partial charge in [0.1, 0.15) is 5.82 Å². The Balaban J connectivity index is 2.84. The number of alkyl halides is 1. The fourth-order valence-electron chi connectivity index (χ4n) is 2.23. The monoisotopic (exact) mass is 334 g/mol. The minimum atomic E-state index is -0.316. The first kappa shape index (κ1) is 16.0. The van der Waals surface area contributed by atoms with E-state index in [4.69, 9.17) is 11.6 Å². The van der Waals surface area contributed by atoms with E-state index in [1.54, 1.807) is 12.1 Å². The second-order valence-electron chi connectivity index (χ2n) is 5.02. The molecule has 1 aromatic carbocycles. The third kappa shape index (κ3) is 4.24. The van der Waals surface area contributed by atoms with Crippen LogP contribution in [0.15, 0.2) is 18.2 Å². The summed E-state index contributed by atoms with van der Waals surface area (Å²) < 4.78 is 13.5. The van der Waals surface area contributed by atoms with Crippen LogP contribution in [0.3, 0.4) is 0 Å². The number of rotatable bonds is 7. The van der Waals surface area contributed by atoms with Crippen LogP contribution in [0, 0.1) is 11.2 Å². The molecule has 0 spiro atoms. The second-order valence-corrected chi connectivity index (χ2v) is 5.98. The van der Waals surface area contributed by atoms with Crippen molar-refractivity contribution >= 4 is 27.5 Å². The molecule has 1 unspecified atom stereocenters. The molecule has 18 heavy (non-hydrogen) atoms. The molecule has 0 aliphatic heterocycles. The summed E-state index contributed by atoms with van der Waals surface area (Å²) in [5.41, 5.74) is 1.27. The van der Waals surface area contributed by atoms with Crippen LogP contribution in [0.5, 0.6) is 0 Å². The van der Waals surface area contributed by atoms with E-state index in [0.717, 1.165) is 23.7 Å². The third-order valence-corrected chi connectivity index (χ3v) is 5.15. The molecule has 0 N–H and O–H groups in total. The molecule has 0 aliphatic rings. The average molecular weight is 336 g/mol. The van der Waals surface area contributed by atoms with Crippen molar-refractivity contribution < 1.29 is 4.39 Å². The highest BCUT2D eigenvalue weighted by molar-refractivity contribution is 9.09. The predicted molar refractivity (Wildman–Crippen MR) is 81.2 cm³/mol. The number of benzene rings is 1. The van der Waals surface area contributed by atoms with Gasteiger partial charge in [0.15, 0.2) is 0 Å². The quantitative estimate of drug-likeness (QED) is 0.536. The summed E-state index contributed by atoms with van der Waals surface area (Å²) in [4.78, 5) is 0. The molecule has 0 heterocycles. The summed E-state index contributed by atoms with van der Waals surface area (Å²) >= 11 is 9.35. The van der Waals surface area contributed by atoms with Gasteiger partial charge in [-0.3, -0.25) is 0 Å². The zero-order valence-electron chi connectivity index (χ0n) is 11.1. The fraction of sp³-hybridized carbons (Fsp3) is 0.600. The second kappa shape index (κ2) is 7.49. The Labute approximate surface area is 123 Å². The Hall–Kier alpha value is -0.0800. The summed E-state index contributed by atoms with van der Waals surface area (Å²) in [5.74, 6) is -0.316. The van der Waals surface area contributed by atoms with Gasteiger partial charge in [-0.15, -0.1) is 0 Å².